The molecule has 1 unspecified atom stereocenters. The number of H-pyrrole nitrogens is 1. The summed E-state index contributed by atoms with van der Waals surface area (Å²) >= 11 is 0. The van der Waals surface area contributed by atoms with Gasteiger partial charge in [0.2, 0.25) is 0 Å². The molecule has 2 N–H and O–H groups in total. The molecule has 2 heterocycles. The highest BCUT2D eigenvalue weighted by Gasteiger charge is 2.08. The van der Waals surface area contributed by atoms with Gasteiger partial charge >= 0.3 is 0 Å². The molecule has 0 radical (unpaired) electrons. The fraction of sp³-hybridized carbons (Fsp3) is 0.286. The Labute approximate surface area is 107 Å². The van der Waals surface area contributed by atoms with E-state index in [1.807, 2.05) is 24.5 Å². The molecule has 0 fully saturated rings. The van der Waals surface area contributed by atoms with E-state index in [1.54, 1.807) is 6.20 Å². The average Bonchev–Trinajstić information content (AvgIpc) is 2.86. The van der Waals surface area contributed by atoms with Crippen molar-refractivity contribution in [2.24, 2.45) is 0 Å². The SMILES string of the molecule is C#CCC(C)NCc1cn[nH]c1-c1cccnc1. The first kappa shape index (κ1) is 12.3. The minimum Gasteiger partial charge on any atom is -0.309 e. The number of hydrogen-bond acceptors (Lipinski definition) is 3. The van der Waals surface area contributed by atoms with Crippen LogP contribution >= 0.6 is 0 Å². The fourth-order valence-corrected chi connectivity index (χ4v) is 1.74. The number of nitrogens with one attached hydrogen (secondary N) is 2. The first-order valence-electron chi connectivity index (χ1n) is 5.90. The lowest BCUT2D eigenvalue weighted by Gasteiger charge is -2.10. The third kappa shape index (κ3) is 2.96. The van der Waals surface area contributed by atoms with E-state index in [-0.39, 0.29) is 0 Å². The molecule has 0 spiro atoms. The molecule has 0 aliphatic carbocycles. The van der Waals surface area contributed by atoms with E-state index in [9.17, 15) is 0 Å². The first-order chi connectivity index (χ1) is 8.81. The Morgan fingerprint density at radius 2 is 2.39 bits per heavy atom. The monoisotopic (exact) mass is 240 g/mol. The molecule has 0 aliphatic heterocycles. The van der Waals surface area contributed by atoms with E-state index in [1.165, 1.54) is 0 Å². The molecule has 92 valence electrons. The molecule has 0 saturated heterocycles. The van der Waals surface area contributed by atoms with E-state index in [4.69, 9.17) is 6.42 Å². The molecule has 4 heteroatoms. The summed E-state index contributed by atoms with van der Waals surface area (Å²) in [5.41, 5.74) is 3.16. The molecule has 18 heavy (non-hydrogen) atoms. The number of aromatic nitrogens is 3. The Kier molecular flexibility index (Phi) is 4.11. The van der Waals surface area contributed by atoms with Crippen molar-refractivity contribution in [1.29, 1.82) is 0 Å². The molecule has 0 aliphatic rings. The van der Waals surface area contributed by atoms with Gasteiger partial charge in [0.05, 0.1) is 11.9 Å². The summed E-state index contributed by atoms with van der Waals surface area (Å²) in [5, 5.41) is 10.5. The van der Waals surface area contributed by atoms with Crippen molar-refractivity contribution in [1.82, 2.24) is 20.5 Å². The maximum Gasteiger partial charge on any atom is 0.0710 e. The second-order valence-corrected chi connectivity index (χ2v) is 4.20. The molecule has 2 aromatic rings. The van der Waals surface area contributed by atoms with E-state index in [0.29, 0.717) is 6.04 Å². The first-order valence-corrected chi connectivity index (χ1v) is 5.90. The van der Waals surface area contributed by atoms with Crippen LogP contribution in [0.3, 0.4) is 0 Å². The van der Waals surface area contributed by atoms with Crippen LogP contribution in [0.5, 0.6) is 0 Å². The molecular weight excluding hydrogens is 224 g/mol. The lowest BCUT2D eigenvalue weighted by Crippen LogP contribution is -2.24. The second kappa shape index (κ2) is 5.99. The summed E-state index contributed by atoms with van der Waals surface area (Å²) in [5.74, 6) is 2.65. The number of rotatable bonds is 5. The van der Waals surface area contributed by atoms with Crippen molar-refractivity contribution in [3.8, 4) is 23.6 Å². The minimum atomic E-state index is 0.298. The summed E-state index contributed by atoms with van der Waals surface area (Å²) in [7, 11) is 0. The van der Waals surface area contributed by atoms with Crippen LogP contribution in [0.15, 0.2) is 30.7 Å². The summed E-state index contributed by atoms with van der Waals surface area (Å²) in [6.07, 6.45) is 11.4. The number of pyridine rings is 1. The van der Waals surface area contributed by atoms with Crippen molar-refractivity contribution in [3.63, 3.8) is 0 Å². The lowest BCUT2D eigenvalue weighted by molar-refractivity contribution is 0.560. The summed E-state index contributed by atoms with van der Waals surface area (Å²) in [4.78, 5) is 4.11. The Balaban J connectivity index is 2.07. The predicted octanol–water partition coefficient (Wildman–Crippen LogP) is 1.97. The molecular formula is C14H16N4. The van der Waals surface area contributed by atoms with Crippen LogP contribution in [-0.4, -0.2) is 21.2 Å². The second-order valence-electron chi connectivity index (χ2n) is 4.20. The van der Waals surface area contributed by atoms with Gasteiger partial charge in [-0.15, -0.1) is 12.3 Å². The normalized spacial score (nSPS) is 12.0. The molecule has 2 aromatic heterocycles. The van der Waals surface area contributed by atoms with Gasteiger partial charge in [-0.1, -0.05) is 0 Å². The van der Waals surface area contributed by atoms with Gasteiger partial charge in [-0.3, -0.25) is 10.1 Å². The summed E-state index contributed by atoms with van der Waals surface area (Å²) in [6, 6.07) is 4.22. The van der Waals surface area contributed by atoms with Crippen LogP contribution < -0.4 is 5.32 Å². The van der Waals surface area contributed by atoms with Crippen LogP contribution in [-0.2, 0) is 6.54 Å². The van der Waals surface area contributed by atoms with E-state index in [0.717, 1.165) is 29.8 Å². The van der Waals surface area contributed by atoms with Gasteiger partial charge in [0.1, 0.15) is 0 Å². The van der Waals surface area contributed by atoms with Crippen molar-refractivity contribution in [2.45, 2.75) is 25.9 Å². The summed E-state index contributed by atoms with van der Waals surface area (Å²) in [6.45, 7) is 2.81. The van der Waals surface area contributed by atoms with Gasteiger partial charge in [0.15, 0.2) is 0 Å². The van der Waals surface area contributed by atoms with E-state index < -0.39 is 0 Å². The van der Waals surface area contributed by atoms with Crippen LogP contribution in [0, 0.1) is 12.3 Å². The molecule has 0 amide bonds. The van der Waals surface area contributed by atoms with Gasteiger partial charge in [-0.25, -0.2) is 0 Å². The zero-order valence-corrected chi connectivity index (χ0v) is 10.4. The number of aromatic amines is 1. The topological polar surface area (TPSA) is 53.6 Å². The molecule has 0 aromatic carbocycles. The molecule has 0 bridgehead atoms. The zero-order valence-electron chi connectivity index (χ0n) is 10.4. The van der Waals surface area contributed by atoms with Gasteiger partial charge in [-0.2, -0.15) is 5.10 Å². The number of nitrogens with zero attached hydrogens (tertiary/aromatic N) is 2. The lowest BCUT2D eigenvalue weighted by atomic mass is 10.1. The van der Waals surface area contributed by atoms with Crippen molar-refractivity contribution < 1.29 is 0 Å². The van der Waals surface area contributed by atoms with Crippen LogP contribution in [0.1, 0.15) is 18.9 Å². The van der Waals surface area contributed by atoms with Crippen molar-refractivity contribution in [2.75, 3.05) is 0 Å². The van der Waals surface area contributed by atoms with Gasteiger partial charge in [-0.05, 0) is 19.1 Å². The molecule has 1 atom stereocenters. The van der Waals surface area contributed by atoms with Crippen LogP contribution in [0.25, 0.3) is 11.3 Å². The quantitative estimate of drug-likeness (QED) is 0.786. The van der Waals surface area contributed by atoms with E-state index >= 15 is 0 Å². The standard InChI is InChI=1S/C14H16N4/c1-3-5-11(2)16-9-13-10-17-18-14(13)12-6-4-7-15-8-12/h1,4,6-8,10-11,16H,5,9H2,2H3,(H,17,18). The van der Waals surface area contributed by atoms with Gasteiger partial charge in [0.25, 0.3) is 0 Å². The van der Waals surface area contributed by atoms with Crippen molar-refractivity contribution in [3.05, 3.63) is 36.3 Å². The highest BCUT2D eigenvalue weighted by atomic mass is 15.1. The van der Waals surface area contributed by atoms with Crippen LogP contribution in [0.2, 0.25) is 0 Å². The average molecular weight is 240 g/mol. The van der Waals surface area contributed by atoms with Crippen LogP contribution in [0.4, 0.5) is 0 Å². The van der Waals surface area contributed by atoms with Gasteiger partial charge in [0, 0.05) is 42.5 Å². The molecule has 2 rings (SSSR count). The van der Waals surface area contributed by atoms with E-state index in [2.05, 4.69) is 33.3 Å². The Morgan fingerprint density at radius 1 is 1.50 bits per heavy atom. The highest BCUT2D eigenvalue weighted by Crippen LogP contribution is 2.19. The Hall–Kier alpha value is -2.12. The smallest absolute Gasteiger partial charge is 0.0710 e. The predicted molar refractivity (Wildman–Crippen MR) is 71.6 cm³/mol. The zero-order chi connectivity index (χ0) is 12.8. The minimum absolute atomic E-state index is 0.298. The Bertz CT molecular complexity index is 524. The number of terminal acetylenes is 1. The highest BCUT2D eigenvalue weighted by molar-refractivity contribution is 5.61. The maximum absolute atomic E-state index is 5.28. The van der Waals surface area contributed by atoms with Crippen molar-refractivity contribution >= 4 is 0 Å². The largest absolute Gasteiger partial charge is 0.309 e. The molecule has 4 nitrogen and oxygen atoms in total. The van der Waals surface area contributed by atoms with Gasteiger partial charge < -0.3 is 5.32 Å². The Morgan fingerprint density at radius 3 is 3.11 bits per heavy atom. The third-order valence-corrected chi connectivity index (χ3v) is 2.73. The maximum atomic E-state index is 5.28. The fourth-order valence-electron chi connectivity index (χ4n) is 1.74. The summed E-state index contributed by atoms with van der Waals surface area (Å²) < 4.78 is 0. The molecule has 0 saturated carbocycles. The third-order valence-electron chi connectivity index (χ3n) is 2.73. The number of hydrogen-bond donors (Lipinski definition) is 2.